The second kappa shape index (κ2) is 4.73. The van der Waals surface area contributed by atoms with Gasteiger partial charge in [0.05, 0.1) is 4.90 Å². The first-order chi connectivity index (χ1) is 8.00. The molecule has 1 aromatic carbocycles. The number of hydrogen-bond acceptors (Lipinski definition) is 4. The van der Waals surface area contributed by atoms with Crippen molar-refractivity contribution in [1.29, 1.82) is 0 Å². The van der Waals surface area contributed by atoms with Gasteiger partial charge >= 0.3 is 0 Å². The van der Waals surface area contributed by atoms with Gasteiger partial charge < -0.3 is 11.5 Å². The van der Waals surface area contributed by atoms with Crippen LogP contribution in [0.4, 0.5) is 0 Å². The summed E-state index contributed by atoms with van der Waals surface area (Å²) in [7, 11) is -3.45. The predicted octanol–water partition coefficient (Wildman–Crippen LogP) is -0.264. The molecule has 6 heteroatoms. The fourth-order valence-corrected chi connectivity index (χ4v) is 3.65. The minimum absolute atomic E-state index is 0.183. The molecule has 0 radical (unpaired) electrons. The summed E-state index contributed by atoms with van der Waals surface area (Å²) in [6.07, 6.45) is 0.667. The number of nitrogens with zero attached hydrogens (tertiary/aromatic N) is 1. The van der Waals surface area contributed by atoms with Crippen LogP contribution in [-0.4, -0.2) is 37.9 Å². The smallest absolute Gasteiger partial charge is 0.243 e. The first-order valence-corrected chi connectivity index (χ1v) is 7.00. The lowest BCUT2D eigenvalue weighted by atomic mass is 10.1. The largest absolute Gasteiger partial charge is 0.326 e. The Balaban J connectivity index is 2.27. The van der Waals surface area contributed by atoms with E-state index in [0.717, 1.165) is 0 Å². The number of nitrogens with two attached hydrogens (primary N) is 2. The predicted molar refractivity (Wildman–Crippen MR) is 65.8 cm³/mol. The molecule has 0 saturated carbocycles. The quantitative estimate of drug-likeness (QED) is 0.761. The molecule has 0 amide bonds. The maximum absolute atomic E-state index is 12.3. The highest BCUT2D eigenvalue weighted by Crippen LogP contribution is 2.19. The van der Waals surface area contributed by atoms with Gasteiger partial charge in [0.15, 0.2) is 0 Å². The number of piperidine rings is 1. The second-order valence-corrected chi connectivity index (χ2v) is 6.33. The van der Waals surface area contributed by atoms with Gasteiger partial charge in [0.1, 0.15) is 0 Å². The maximum atomic E-state index is 12.3. The van der Waals surface area contributed by atoms with Crippen LogP contribution in [0.2, 0.25) is 0 Å². The third kappa shape index (κ3) is 2.66. The molecule has 1 aliphatic rings. The van der Waals surface area contributed by atoms with Crippen molar-refractivity contribution in [2.75, 3.05) is 13.1 Å². The highest BCUT2D eigenvalue weighted by atomic mass is 32.2. The zero-order valence-electron chi connectivity index (χ0n) is 9.49. The summed E-state index contributed by atoms with van der Waals surface area (Å²) in [6.45, 7) is 0.676. The molecular formula is C11H17N3O2S. The third-order valence-electron chi connectivity index (χ3n) is 2.86. The molecule has 0 aromatic heterocycles. The van der Waals surface area contributed by atoms with Crippen molar-refractivity contribution < 1.29 is 8.42 Å². The molecule has 17 heavy (non-hydrogen) atoms. The number of sulfonamides is 1. The Morgan fingerprint density at radius 3 is 2.12 bits per heavy atom. The summed E-state index contributed by atoms with van der Waals surface area (Å²) in [5, 5.41) is 0. The number of hydrogen-bond donors (Lipinski definition) is 2. The maximum Gasteiger partial charge on any atom is 0.243 e. The lowest BCUT2D eigenvalue weighted by molar-refractivity contribution is 0.287. The lowest BCUT2D eigenvalue weighted by Crippen LogP contribution is -2.53. The number of benzene rings is 1. The van der Waals surface area contributed by atoms with Crippen molar-refractivity contribution in [3.8, 4) is 0 Å². The molecule has 1 aromatic rings. The van der Waals surface area contributed by atoms with Crippen molar-refractivity contribution >= 4 is 10.0 Å². The average molecular weight is 255 g/mol. The average Bonchev–Trinajstić information content (AvgIpc) is 2.29. The summed E-state index contributed by atoms with van der Waals surface area (Å²) in [6, 6.07) is 8.00. The molecule has 0 unspecified atom stereocenters. The molecule has 1 saturated heterocycles. The Hall–Kier alpha value is -0.950. The molecule has 1 heterocycles. The van der Waals surface area contributed by atoms with Crippen molar-refractivity contribution in [2.45, 2.75) is 23.4 Å². The Morgan fingerprint density at radius 1 is 1.06 bits per heavy atom. The van der Waals surface area contributed by atoms with E-state index in [9.17, 15) is 8.42 Å². The second-order valence-electron chi connectivity index (χ2n) is 4.39. The highest BCUT2D eigenvalue weighted by Gasteiger charge is 2.31. The zero-order valence-corrected chi connectivity index (χ0v) is 10.3. The van der Waals surface area contributed by atoms with Gasteiger partial charge in [-0.05, 0) is 18.6 Å². The minimum atomic E-state index is -3.45. The Kier molecular flexibility index (Phi) is 3.48. The summed E-state index contributed by atoms with van der Waals surface area (Å²) < 4.78 is 26.0. The normalized spacial score (nSPS) is 26.9. The van der Waals surface area contributed by atoms with Crippen LogP contribution in [0.3, 0.4) is 0 Å². The van der Waals surface area contributed by atoms with E-state index in [4.69, 9.17) is 11.5 Å². The Bertz CT molecular complexity index is 465. The fourth-order valence-electron chi connectivity index (χ4n) is 2.07. The first kappa shape index (κ1) is 12.5. The SMILES string of the molecule is N[C@@H]1C[C@H](N)CN(S(=O)(=O)c2ccccc2)C1. The standard InChI is InChI=1S/C11H17N3O2S/c12-9-6-10(13)8-14(7-9)17(15,16)11-4-2-1-3-5-11/h1-5,9-10H,6-8,12-13H2/t9-,10+. The van der Waals surface area contributed by atoms with Crippen molar-refractivity contribution in [2.24, 2.45) is 11.5 Å². The molecule has 5 nitrogen and oxygen atoms in total. The van der Waals surface area contributed by atoms with Gasteiger partial charge in [-0.3, -0.25) is 0 Å². The van der Waals surface area contributed by atoms with Gasteiger partial charge in [-0.1, -0.05) is 18.2 Å². The van der Waals surface area contributed by atoms with Crippen LogP contribution in [-0.2, 0) is 10.0 Å². The molecule has 0 spiro atoms. The van der Waals surface area contributed by atoms with E-state index < -0.39 is 10.0 Å². The van der Waals surface area contributed by atoms with E-state index in [1.807, 2.05) is 0 Å². The van der Waals surface area contributed by atoms with Crippen LogP contribution in [0.1, 0.15) is 6.42 Å². The monoisotopic (exact) mass is 255 g/mol. The van der Waals surface area contributed by atoms with Crippen molar-refractivity contribution in [1.82, 2.24) is 4.31 Å². The van der Waals surface area contributed by atoms with Crippen molar-refractivity contribution in [3.63, 3.8) is 0 Å². The van der Waals surface area contributed by atoms with E-state index in [1.165, 1.54) is 4.31 Å². The Labute approximate surface area is 101 Å². The van der Waals surface area contributed by atoms with Crippen LogP contribution in [0, 0.1) is 0 Å². The van der Waals surface area contributed by atoms with Crippen LogP contribution < -0.4 is 11.5 Å². The van der Waals surface area contributed by atoms with Gasteiger partial charge in [0, 0.05) is 25.2 Å². The molecular weight excluding hydrogens is 238 g/mol. The molecule has 4 N–H and O–H groups in total. The van der Waals surface area contributed by atoms with Crippen LogP contribution in [0.25, 0.3) is 0 Å². The zero-order chi connectivity index (χ0) is 12.5. The van der Waals surface area contributed by atoms with Crippen LogP contribution in [0.15, 0.2) is 35.2 Å². The summed E-state index contributed by atoms with van der Waals surface area (Å²) in [4.78, 5) is 0.293. The molecule has 0 bridgehead atoms. The topological polar surface area (TPSA) is 89.4 Å². The van der Waals surface area contributed by atoms with Gasteiger partial charge in [-0.2, -0.15) is 4.31 Å². The molecule has 94 valence electrons. The van der Waals surface area contributed by atoms with Gasteiger partial charge in [0.2, 0.25) is 10.0 Å². The van der Waals surface area contributed by atoms with Gasteiger partial charge in [-0.15, -0.1) is 0 Å². The third-order valence-corrected chi connectivity index (χ3v) is 4.71. The molecule has 0 aliphatic carbocycles. The van der Waals surface area contributed by atoms with Crippen molar-refractivity contribution in [3.05, 3.63) is 30.3 Å². The molecule has 2 atom stereocenters. The first-order valence-electron chi connectivity index (χ1n) is 5.56. The fraction of sp³-hybridized carbons (Fsp3) is 0.455. The highest BCUT2D eigenvalue weighted by molar-refractivity contribution is 7.89. The van der Waals surface area contributed by atoms with E-state index in [-0.39, 0.29) is 12.1 Å². The summed E-state index contributed by atoms with van der Waals surface area (Å²) in [5.41, 5.74) is 11.6. The molecule has 1 fully saturated rings. The minimum Gasteiger partial charge on any atom is -0.326 e. The summed E-state index contributed by atoms with van der Waals surface area (Å²) >= 11 is 0. The van der Waals surface area contributed by atoms with E-state index >= 15 is 0 Å². The van der Waals surface area contributed by atoms with E-state index in [0.29, 0.717) is 24.4 Å². The Morgan fingerprint density at radius 2 is 1.59 bits per heavy atom. The van der Waals surface area contributed by atoms with E-state index in [2.05, 4.69) is 0 Å². The lowest BCUT2D eigenvalue weighted by Gasteiger charge is -2.33. The van der Waals surface area contributed by atoms with Crippen LogP contribution in [0.5, 0.6) is 0 Å². The molecule has 2 rings (SSSR count). The molecule has 1 aliphatic heterocycles. The van der Waals surface area contributed by atoms with Crippen LogP contribution >= 0.6 is 0 Å². The number of rotatable bonds is 2. The van der Waals surface area contributed by atoms with E-state index in [1.54, 1.807) is 30.3 Å². The van der Waals surface area contributed by atoms with Gasteiger partial charge in [-0.25, -0.2) is 8.42 Å². The summed E-state index contributed by atoms with van der Waals surface area (Å²) in [5.74, 6) is 0. The van der Waals surface area contributed by atoms with Gasteiger partial charge in [0.25, 0.3) is 0 Å².